The molecule has 0 saturated carbocycles. The van der Waals surface area contributed by atoms with Crippen molar-refractivity contribution in [3.63, 3.8) is 0 Å². The fraction of sp³-hybridized carbons (Fsp3) is 0.407. The molecule has 3 aromatic rings. The summed E-state index contributed by atoms with van der Waals surface area (Å²) in [5.74, 6) is -0.209. The van der Waals surface area contributed by atoms with Gasteiger partial charge >= 0.3 is 0 Å². The van der Waals surface area contributed by atoms with Gasteiger partial charge in [-0.05, 0) is 79.7 Å². The van der Waals surface area contributed by atoms with Crippen molar-refractivity contribution in [1.82, 2.24) is 9.62 Å². The number of halogens is 1. The molecule has 0 unspecified atom stereocenters. The van der Waals surface area contributed by atoms with Crippen LogP contribution in [0.2, 0.25) is 0 Å². The van der Waals surface area contributed by atoms with Gasteiger partial charge in [0.1, 0.15) is 5.82 Å². The SMILES string of the molecule is CNS(=O)(=O)c1ccc2c(c1)CCO[C@H]2CCN1CCN(c2cccc3cc(F)ccc23)C[C@H]1C. The summed E-state index contributed by atoms with van der Waals surface area (Å²) in [6, 6.07) is 16.8. The van der Waals surface area contributed by atoms with E-state index < -0.39 is 10.0 Å². The first-order valence-electron chi connectivity index (χ1n) is 12.2. The molecule has 35 heavy (non-hydrogen) atoms. The number of ether oxygens (including phenoxy) is 1. The van der Waals surface area contributed by atoms with Gasteiger partial charge in [-0.1, -0.05) is 18.2 Å². The first-order chi connectivity index (χ1) is 16.9. The van der Waals surface area contributed by atoms with Crippen LogP contribution in [0.4, 0.5) is 10.1 Å². The number of piperazine rings is 1. The van der Waals surface area contributed by atoms with Crippen LogP contribution in [0.5, 0.6) is 0 Å². The Bertz CT molecular complexity index is 1330. The Labute approximate surface area is 206 Å². The van der Waals surface area contributed by atoms with Gasteiger partial charge in [0.2, 0.25) is 10.0 Å². The van der Waals surface area contributed by atoms with Gasteiger partial charge in [0.15, 0.2) is 0 Å². The maximum absolute atomic E-state index is 13.7. The number of anilines is 1. The molecule has 0 aliphatic carbocycles. The van der Waals surface area contributed by atoms with Crippen molar-refractivity contribution in [3.8, 4) is 0 Å². The van der Waals surface area contributed by atoms with E-state index in [0.29, 0.717) is 17.5 Å². The van der Waals surface area contributed by atoms with Crippen LogP contribution < -0.4 is 9.62 Å². The highest BCUT2D eigenvalue weighted by Crippen LogP contribution is 2.33. The Morgan fingerprint density at radius 2 is 1.97 bits per heavy atom. The number of fused-ring (bicyclic) bond motifs is 2. The number of rotatable bonds is 6. The molecule has 2 heterocycles. The van der Waals surface area contributed by atoms with Gasteiger partial charge in [0.25, 0.3) is 0 Å². The average Bonchev–Trinajstić information content (AvgIpc) is 2.87. The Hall–Kier alpha value is -2.52. The molecule has 8 heteroatoms. The lowest BCUT2D eigenvalue weighted by molar-refractivity contribution is 0.0254. The Morgan fingerprint density at radius 1 is 1.11 bits per heavy atom. The van der Waals surface area contributed by atoms with Gasteiger partial charge in [-0.2, -0.15) is 0 Å². The van der Waals surface area contributed by atoms with E-state index in [1.54, 1.807) is 18.2 Å². The molecular weight excluding hydrogens is 465 g/mol. The minimum absolute atomic E-state index is 0.0247. The predicted molar refractivity (Wildman–Crippen MR) is 137 cm³/mol. The highest BCUT2D eigenvalue weighted by molar-refractivity contribution is 7.89. The first-order valence-corrected chi connectivity index (χ1v) is 13.7. The van der Waals surface area contributed by atoms with Crippen molar-refractivity contribution in [2.75, 3.05) is 44.7 Å². The summed E-state index contributed by atoms with van der Waals surface area (Å²) in [7, 11) is -2.02. The van der Waals surface area contributed by atoms with E-state index in [9.17, 15) is 12.8 Å². The monoisotopic (exact) mass is 497 g/mol. The topological polar surface area (TPSA) is 61.9 Å². The van der Waals surface area contributed by atoms with Crippen molar-refractivity contribution in [2.24, 2.45) is 0 Å². The molecule has 3 aromatic carbocycles. The Kier molecular flexibility index (Phi) is 6.81. The quantitative estimate of drug-likeness (QED) is 0.556. The number of hydrogen-bond acceptors (Lipinski definition) is 5. The molecule has 0 radical (unpaired) electrons. The van der Waals surface area contributed by atoms with Gasteiger partial charge < -0.3 is 9.64 Å². The molecule has 0 amide bonds. The van der Waals surface area contributed by atoms with Crippen LogP contribution in [0.3, 0.4) is 0 Å². The van der Waals surface area contributed by atoms with Crippen LogP contribution in [-0.2, 0) is 21.2 Å². The third kappa shape index (κ3) is 4.93. The molecule has 2 aliphatic rings. The molecule has 0 aromatic heterocycles. The molecule has 1 N–H and O–H groups in total. The predicted octanol–water partition coefficient (Wildman–Crippen LogP) is 4.10. The highest BCUT2D eigenvalue weighted by Gasteiger charge is 2.28. The van der Waals surface area contributed by atoms with E-state index in [1.165, 1.54) is 13.1 Å². The molecule has 2 aliphatic heterocycles. The van der Waals surface area contributed by atoms with Crippen LogP contribution >= 0.6 is 0 Å². The lowest BCUT2D eigenvalue weighted by atomic mass is 9.95. The third-order valence-corrected chi connectivity index (χ3v) is 8.75. The second kappa shape index (κ2) is 9.85. The van der Waals surface area contributed by atoms with Gasteiger partial charge in [0, 0.05) is 43.3 Å². The molecule has 1 saturated heterocycles. The lowest BCUT2D eigenvalue weighted by Crippen LogP contribution is -2.52. The van der Waals surface area contributed by atoms with Gasteiger partial charge in [-0.15, -0.1) is 0 Å². The van der Waals surface area contributed by atoms with Crippen molar-refractivity contribution >= 4 is 26.5 Å². The molecule has 6 nitrogen and oxygen atoms in total. The average molecular weight is 498 g/mol. The zero-order valence-corrected chi connectivity index (χ0v) is 21.0. The summed E-state index contributed by atoms with van der Waals surface area (Å²) in [6.07, 6.45) is 1.56. The summed E-state index contributed by atoms with van der Waals surface area (Å²) in [6.45, 7) is 6.53. The van der Waals surface area contributed by atoms with E-state index in [4.69, 9.17) is 4.74 Å². The van der Waals surface area contributed by atoms with Gasteiger partial charge in [0.05, 0.1) is 17.6 Å². The molecular formula is C27H32FN3O3S. The fourth-order valence-electron chi connectivity index (χ4n) is 5.38. The first kappa shape index (κ1) is 24.2. The van der Waals surface area contributed by atoms with Gasteiger partial charge in [-0.25, -0.2) is 17.5 Å². The summed E-state index contributed by atoms with van der Waals surface area (Å²) in [4.78, 5) is 5.20. The van der Waals surface area contributed by atoms with Crippen LogP contribution in [0.25, 0.3) is 10.8 Å². The molecule has 1 fully saturated rings. The summed E-state index contributed by atoms with van der Waals surface area (Å²) >= 11 is 0. The van der Waals surface area contributed by atoms with Crippen LogP contribution in [-0.4, -0.2) is 59.2 Å². The molecule has 0 spiro atoms. The third-order valence-electron chi connectivity index (χ3n) is 7.33. The summed E-state index contributed by atoms with van der Waals surface area (Å²) in [5, 5.41) is 2.01. The maximum atomic E-state index is 13.7. The van der Waals surface area contributed by atoms with Crippen molar-refractivity contribution < 1.29 is 17.5 Å². The Balaban J connectivity index is 1.24. The van der Waals surface area contributed by atoms with Crippen molar-refractivity contribution in [3.05, 3.63) is 71.5 Å². The van der Waals surface area contributed by atoms with Crippen LogP contribution in [0.15, 0.2) is 59.5 Å². The van der Waals surface area contributed by atoms with Crippen LogP contribution in [0, 0.1) is 5.82 Å². The minimum atomic E-state index is -3.45. The molecule has 186 valence electrons. The summed E-state index contributed by atoms with van der Waals surface area (Å²) in [5.41, 5.74) is 3.31. The highest BCUT2D eigenvalue weighted by atomic mass is 32.2. The summed E-state index contributed by atoms with van der Waals surface area (Å²) < 4.78 is 46.5. The fourth-order valence-corrected chi connectivity index (χ4v) is 6.16. The maximum Gasteiger partial charge on any atom is 0.240 e. The minimum Gasteiger partial charge on any atom is -0.373 e. The Morgan fingerprint density at radius 3 is 2.77 bits per heavy atom. The second-order valence-corrected chi connectivity index (χ2v) is 11.3. The zero-order valence-electron chi connectivity index (χ0n) is 20.2. The zero-order chi connectivity index (χ0) is 24.6. The van der Waals surface area contributed by atoms with Crippen LogP contribution in [0.1, 0.15) is 30.6 Å². The van der Waals surface area contributed by atoms with E-state index in [-0.39, 0.29) is 11.9 Å². The van der Waals surface area contributed by atoms with Gasteiger partial charge in [-0.3, -0.25) is 4.90 Å². The van der Waals surface area contributed by atoms with Crippen molar-refractivity contribution in [1.29, 1.82) is 0 Å². The van der Waals surface area contributed by atoms with E-state index in [0.717, 1.165) is 66.6 Å². The molecule has 5 rings (SSSR count). The lowest BCUT2D eigenvalue weighted by Gasteiger charge is -2.42. The van der Waals surface area contributed by atoms with E-state index in [2.05, 4.69) is 27.5 Å². The number of nitrogens with one attached hydrogen (secondary N) is 1. The number of benzene rings is 3. The normalized spacial score (nSPS) is 21.3. The number of nitrogens with zero attached hydrogens (tertiary/aromatic N) is 2. The van der Waals surface area contributed by atoms with Crippen molar-refractivity contribution in [2.45, 2.75) is 36.8 Å². The number of hydrogen-bond donors (Lipinski definition) is 1. The molecule has 2 atom stereocenters. The second-order valence-electron chi connectivity index (χ2n) is 9.44. The number of sulfonamides is 1. The molecule has 0 bridgehead atoms. The van der Waals surface area contributed by atoms with E-state index in [1.807, 2.05) is 24.3 Å². The smallest absolute Gasteiger partial charge is 0.240 e. The largest absolute Gasteiger partial charge is 0.373 e. The standard InChI is InChI=1S/C27H32FN3O3S/c1-19-18-31(26-5-3-4-20-16-22(28)6-8-24(20)26)14-13-30(19)12-10-27-25-9-7-23(35(32,33)29-2)17-21(25)11-15-34-27/h3-9,16-17,19,27,29H,10-15,18H2,1-2H3/t19-,27+/m1/s1. The van der Waals surface area contributed by atoms with E-state index >= 15 is 0 Å².